The van der Waals surface area contributed by atoms with Gasteiger partial charge in [-0.25, -0.2) is 0 Å². The highest BCUT2D eigenvalue weighted by atomic mass is 16.5. The second-order valence-corrected chi connectivity index (χ2v) is 7.03. The minimum Gasteiger partial charge on any atom is -0.339 e. The third-order valence-corrected chi connectivity index (χ3v) is 5.29. The fourth-order valence-corrected chi connectivity index (χ4v) is 3.83. The van der Waals surface area contributed by atoms with E-state index < -0.39 is 0 Å². The molecule has 0 N–H and O–H groups in total. The fourth-order valence-electron chi connectivity index (χ4n) is 3.83. The molecule has 126 valence electrons. The van der Waals surface area contributed by atoms with Crippen LogP contribution >= 0.6 is 0 Å². The molecule has 0 spiro atoms. The molecular weight excluding hydrogens is 314 g/mol. The zero-order valence-electron chi connectivity index (χ0n) is 13.9. The number of hydrogen-bond donors (Lipinski definition) is 0. The van der Waals surface area contributed by atoms with Crippen molar-refractivity contribution in [1.82, 2.24) is 19.4 Å². The van der Waals surface area contributed by atoms with Gasteiger partial charge in [0, 0.05) is 30.4 Å². The smallest absolute Gasteiger partial charge is 0.229 e. The molecule has 1 aliphatic heterocycles. The molecule has 6 nitrogen and oxygen atoms in total. The van der Waals surface area contributed by atoms with E-state index in [2.05, 4.69) is 27.3 Å². The highest BCUT2D eigenvalue weighted by Gasteiger charge is 2.34. The minimum absolute atomic E-state index is 0.186. The fraction of sp³-hybridized carbons (Fsp3) is 0.421. The van der Waals surface area contributed by atoms with E-state index >= 15 is 0 Å². The van der Waals surface area contributed by atoms with Crippen molar-refractivity contribution in [1.29, 1.82) is 5.26 Å². The molecule has 1 saturated heterocycles. The molecule has 2 aliphatic rings. The van der Waals surface area contributed by atoms with E-state index in [1.54, 1.807) is 0 Å². The molecule has 1 saturated carbocycles. The van der Waals surface area contributed by atoms with Gasteiger partial charge in [0.05, 0.1) is 17.1 Å². The number of likely N-dealkylation sites (tertiary alicyclic amines) is 1. The molecule has 1 atom stereocenters. The maximum absolute atomic E-state index is 9.61. The average Bonchev–Trinajstić information content (AvgIpc) is 3.07. The summed E-state index contributed by atoms with van der Waals surface area (Å²) in [6, 6.07) is 8.50. The first kappa shape index (κ1) is 14.7. The lowest BCUT2D eigenvalue weighted by Crippen LogP contribution is -2.23. The van der Waals surface area contributed by atoms with Crippen LogP contribution in [-0.2, 0) is 6.54 Å². The normalized spacial score (nSPS) is 21.0. The molecule has 25 heavy (non-hydrogen) atoms. The number of pyridine rings is 1. The van der Waals surface area contributed by atoms with Gasteiger partial charge in [0.2, 0.25) is 5.89 Å². The van der Waals surface area contributed by atoms with Crippen LogP contribution in [0.1, 0.15) is 60.5 Å². The van der Waals surface area contributed by atoms with E-state index in [-0.39, 0.29) is 6.04 Å². The van der Waals surface area contributed by atoms with Gasteiger partial charge >= 0.3 is 0 Å². The Morgan fingerprint density at radius 1 is 1.28 bits per heavy atom. The Labute approximate surface area is 145 Å². The van der Waals surface area contributed by atoms with Crippen molar-refractivity contribution in [2.24, 2.45) is 0 Å². The Morgan fingerprint density at radius 3 is 3.04 bits per heavy atom. The molecule has 0 aromatic carbocycles. The highest BCUT2D eigenvalue weighted by Crippen LogP contribution is 2.40. The summed E-state index contributed by atoms with van der Waals surface area (Å²) < 4.78 is 7.47. The van der Waals surface area contributed by atoms with E-state index in [4.69, 9.17) is 4.52 Å². The van der Waals surface area contributed by atoms with Crippen molar-refractivity contribution in [2.75, 3.05) is 6.54 Å². The van der Waals surface area contributed by atoms with Crippen molar-refractivity contribution in [3.63, 3.8) is 0 Å². The molecule has 2 fully saturated rings. The molecule has 0 amide bonds. The number of hydrogen-bond acceptors (Lipinski definition) is 5. The third kappa shape index (κ3) is 2.52. The van der Waals surface area contributed by atoms with Gasteiger partial charge in [0.1, 0.15) is 6.07 Å². The van der Waals surface area contributed by atoms with Gasteiger partial charge < -0.3 is 8.92 Å². The SMILES string of the molecule is N#Cc1c(CN2CCCC2c2noc(C3CC3)n2)cn2ccccc12. The summed E-state index contributed by atoms with van der Waals surface area (Å²) in [4.78, 5) is 7.01. The predicted molar refractivity (Wildman–Crippen MR) is 90.8 cm³/mol. The summed E-state index contributed by atoms with van der Waals surface area (Å²) in [5, 5.41) is 13.9. The van der Waals surface area contributed by atoms with Crippen LogP contribution in [0.4, 0.5) is 0 Å². The van der Waals surface area contributed by atoms with Gasteiger partial charge in [0.15, 0.2) is 5.82 Å². The maximum Gasteiger partial charge on any atom is 0.229 e. The summed E-state index contributed by atoms with van der Waals surface area (Å²) in [5.41, 5.74) is 2.79. The van der Waals surface area contributed by atoms with Gasteiger partial charge in [0.25, 0.3) is 0 Å². The molecule has 0 radical (unpaired) electrons. The summed E-state index contributed by atoms with van der Waals surface area (Å²) in [6.07, 6.45) is 8.54. The summed E-state index contributed by atoms with van der Waals surface area (Å²) in [6.45, 7) is 1.73. The third-order valence-electron chi connectivity index (χ3n) is 5.29. The van der Waals surface area contributed by atoms with Crippen LogP contribution in [0.3, 0.4) is 0 Å². The Balaban J connectivity index is 1.43. The van der Waals surface area contributed by atoms with Crippen LogP contribution in [0.15, 0.2) is 35.1 Å². The predicted octanol–water partition coefficient (Wildman–Crippen LogP) is 3.41. The molecule has 3 aromatic rings. The molecule has 0 bridgehead atoms. The average molecular weight is 333 g/mol. The Kier molecular flexibility index (Phi) is 3.35. The lowest BCUT2D eigenvalue weighted by molar-refractivity contribution is 0.234. The van der Waals surface area contributed by atoms with Gasteiger partial charge in [-0.15, -0.1) is 0 Å². The molecule has 1 aliphatic carbocycles. The molecule has 3 aromatic heterocycles. The quantitative estimate of drug-likeness (QED) is 0.732. The van der Waals surface area contributed by atoms with Crippen molar-refractivity contribution in [3.8, 4) is 6.07 Å². The van der Waals surface area contributed by atoms with Crippen LogP contribution in [0, 0.1) is 11.3 Å². The first-order valence-electron chi connectivity index (χ1n) is 8.89. The number of aromatic nitrogens is 3. The van der Waals surface area contributed by atoms with Gasteiger partial charge in [-0.05, 0) is 44.4 Å². The van der Waals surface area contributed by atoms with Crippen molar-refractivity contribution in [2.45, 2.75) is 44.2 Å². The highest BCUT2D eigenvalue weighted by molar-refractivity contribution is 5.65. The van der Waals surface area contributed by atoms with Gasteiger partial charge in [-0.2, -0.15) is 10.2 Å². The van der Waals surface area contributed by atoms with E-state index in [0.717, 1.165) is 54.3 Å². The molecule has 5 rings (SSSR count). The maximum atomic E-state index is 9.61. The van der Waals surface area contributed by atoms with Crippen molar-refractivity contribution in [3.05, 3.63) is 53.4 Å². The number of nitriles is 1. The zero-order chi connectivity index (χ0) is 16.8. The zero-order valence-corrected chi connectivity index (χ0v) is 13.9. The summed E-state index contributed by atoms with van der Waals surface area (Å²) >= 11 is 0. The Morgan fingerprint density at radius 2 is 2.20 bits per heavy atom. The van der Waals surface area contributed by atoms with Crippen molar-refractivity contribution >= 4 is 5.52 Å². The van der Waals surface area contributed by atoms with E-state index in [0.29, 0.717) is 5.92 Å². The van der Waals surface area contributed by atoms with Gasteiger partial charge in [-0.1, -0.05) is 11.2 Å². The summed E-state index contributed by atoms with van der Waals surface area (Å²) in [5.74, 6) is 2.09. The molecule has 6 heteroatoms. The van der Waals surface area contributed by atoms with Crippen LogP contribution < -0.4 is 0 Å². The van der Waals surface area contributed by atoms with Gasteiger partial charge in [-0.3, -0.25) is 4.90 Å². The summed E-state index contributed by atoms with van der Waals surface area (Å²) in [7, 11) is 0. The molecule has 4 heterocycles. The monoisotopic (exact) mass is 333 g/mol. The lowest BCUT2D eigenvalue weighted by atomic mass is 10.1. The van der Waals surface area contributed by atoms with Crippen LogP contribution in [0.5, 0.6) is 0 Å². The van der Waals surface area contributed by atoms with E-state index in [1.807, 2.05) is 28.8 Å². The first-order valence-corrected chi connectivity index (χ1v) is 8.89. The second-order valence-electron chi connectivity index (χ2n) is 7.03. The largest absolute Gasteiger partial charge is 0.339 e. The Bertz CT molecular complexity index is 962. The van der Waals surface area contributed by atoms with E-state index in [9.17, 15) is 5.26 Å². The van der Waals surface area contributed by atoms with E-state index in [1.165, 1.54) is 12.8 Å². The van der Waals surface area contributed by atoms with Crippen LogP contribution in [0.25, 0.3) is 5.52 Å². The molecule has 1 unspecified atom stereocenters. The van der Waals surface area contributed by atoms with Crippen molar-refractivity contribution < 1.29 is 4.52 Å². The van der Waals surface area contributed by atoms with Crippen LogP contribution in [0.2, 0.25) is 0 Å². The number of fused-ring (bicyclic) bond motifs is 1. The first-order chi connectivity index (χ1) is 12.3. The number of rotatable bonds is 4. The second kappa shape index (κ2) is 5.71. The number of nitrogens with zero attached hydrogens (tertiary/aromatic N) is 5. The van der Waals surface area contributed by atoms with Crippen LogP contribution in [-0.4, -0.2) is 26.0 Å². The molecular formula is C19H19N5O. The standard InChI is InChI=1S/C19H19N5O/c20-10-15-14(11-23-8-2-1-4-16(15)23)12-24-9-3-5-17(24)18-21-19(25-22-18)13-6-7-13/h1-2,4,8,11,13,17H,3,5-7,9,12H2. The topological polar surface area (TPSA) is 70.4 Å². The minimum atomic E-state index is 0.186. The Hall–Kier alpha value is -2.65. The lowest BCUT2D eigenvalue weighted by Gasteiger charge is -2.21.